The Hall–Kier alpha value is -1.65. The van der Waals surface area contributed by atoms with Crippen LogP contribution < -0.4 is 15.5 Å². The molecule has 0 spiro atoms. The number of unbranched alkanes of at least 4 members (excludes halogenated alkanes) is 2. The maximum absolute atomic E-state index is 12.5. The summed E-state index contributed by atoms with van der Waals surface area (Å²) < 4.78 is 0. The molecule has 2 heterocycles. The van der Waals surface area contributed by atoms with Gasteiger partial charge in [-0.25, -0.2) is 9.97 Å². The van der Waals surface area contributed by atoms with Crippen molar-refractivity contribution >= 4 is 41.8 Å². The summed E-state index contributed by atoms with van der Waals surface area (Å²) in [5.74, 6) is 1.68. The largest absolute Gasteiger partial charge is 0.356 e. The zero-order chi connectivity index (χ0) is 20.2. The molecule has 1 aromatic heterocycles. The number of nitrogens with zero attached hydrogens (tertiary/aromatic N) is 5. The molecule has 2 rings (SSSR count). The number of nitrogens with one attached hydrogen (secondary N) is 2. The molecule has 29 heavy (non-hydrogen) atoms. The van der Waals surface area contributed by atoms with E-state index in [1.807, 2.05) is 11.0 Å². The lowest BCUT2D eigenvalue weighted by molar-refractivity contribution is -0.131. The van der Waals surface area contributed by atoms with Gasteiger partial charge in [0.1, 0.15) is 0 Å². The number of carbonyl (C=O) groups is 1. The molecule has 1 aliphatic rings. The number of anilines is 1. The summed E-state index contributed by atoms with van der Waals surface area (Å²) in [6.45, 7) is 7.91. The van der Waals surface area contributed by atoms with Gasteiger partial charge in [0.15, 0.2) is 5.96 Å². The van der Waals surface area contributed by atoms with Crippen molar-refractivity contribution in [3.05, 3.63) is 18.5 Å². The first-order valence-corrected chi connectivity index (χ1v) is 10.4. The van der Waals surface area contributed by atoms with Crippen LogP contribution in [0.15, 0.2) is 23.5 Å². The van der Waals surface area contributed by atoms with Crippen LogP contribution in [-0.2, 0) is 4.79 Å². The average molecular weight is 517 g/mol. The summed E-state index contributed by atoms with van der Waals surface area (Å²) in [5.41, 5.74) is 0. The number of aromatic nitrogens is 2. The molecule has 1 saturated heterocycles. The first-order valence-electron chi connectivity index (χ1n) is 10.4. The van der Waals surface area contributed by atoms with Crippen molar-refractivity contribution in [2.24, 2.45) is 4.99 Å². The summed E-state index contributed by atoms with van der Waals surface area (Å²) in [5, 5.41) is 6.65. The molecule has 0 radical (unpaired) electrons. The zero-order valence-electron chi connectivity index (χ0n) is 17.9. The first-order chi connectivity index (χ1) is 13.6. The topological polar surface area (TPSA) is 85.8 Å². The number of hydrogen-bond acceptors (Lipinski definition) is 5. The van der Waals surface area contributed by atoms with E-state index in [0.29, 0.717) is 32.1 Å². The van der Waals surface area contributed by atoms with E-state index in [4.69, 9.17) is 0 Å². The lowest BCUT2D eigenvalue weighted by Crippen LogP contribution is -2.50. The maximum atomic E-state index is 12.5. The number of hydrogen-bond donors (Lipinski definition) is 2. The fourth-order valence-electron chi connectivity index (χ4n) is 3.26. The molecule has 164 valence electrons. The molecule has 1 aromatic rings. The van der Waals surface area contributed by atoms with E-state index in [1.165, 1.54) is 19.3 Å². The van der Waals surface area contributed by atoms with Crippen molar-refractivity contribution in [1.29, 1.82) is 0 Å². The second kappa shape index (κ2) is 14.4. The molecule has 8 nitrogen and oxygen atoms in total. The van der Waals surface area contributed by atoms with Crippen LogP contribution in [0.5, 0.6) is 0 Å². The Balaban J connectivity index is 0.00000420. The van der Waals surface area contributed by atoms with Crippen LogP contribution in [0.3, 0.4) is 0 Å². The minimum Gasteiger partial charge on any atom is -0.356 e. The van der Waals surface area contributed by atoms with E-state index in [9.17, 15) is 4.79 Å². The van der Waals surface area contributed by atoms with Crippen LogP contribution in [0.1, 0.15) is 46.0 Å². The first kappa shape index (κ1) is 25.4. The minimum absolute atomic E-state index is 0. The minimum atomic E-state index is 0. The fraction of sp³-hybridized carbons (Fsp3) is 0.700. The second-order valence-electron chi connectivity index (χ2n) is 7.21. The number of aliphatic imine (C=N–C) groups is 1. The summed E-state index contributed by atoms with van der Waals surface area (Å²) in [7, 11) is 1.76. The molecule has 9 heteroatoms. The van der Waals surface area contributed by atoms with Crippen LogP contribution in [0.25, 0.3) is 0 Å². The number of piperazine rings is 1. The molecule has 0 bridgehead atoms. The number of carbonyl (C=O) groups excluding carboxylic acids is 1. The van der Waals surface area contributed by atoms with Crippen molar-refractivity contribution < 1.29 is 4.79 Å². The van der Waals surface area contributed by atoms with Gasteiger partial charge in [0.25, 0.3) is 0 Å². The highest BCUT2D eigenvalue weighted by molar-refractivity contribution is 14.0. The molecule has 1 aliphatic heterocycles. The van der Waals surface area contributed by atoms with Gasteiger partial charge in [0, 0.05) is 64.6 Å². The van der Waals surface area contributed by atoms with Gasteiger partial charge in [-0.15, -0.1) is 24.0 Å². The van der Waals surface area contributed by atoms with E-state index in [1.54, 1.807) is 19.4 Å². The number of amides is 1. The van der Waals surface area contributed by atoms with Crippen molar-refractivity contribution in [2.45, 2.75) is 52.0 Å². The molecule has 0 aliphatic carbocycles. The summed E-state index contributed by atoms with van der Waals surface area (Å²) in [4.78, 5) is 29.3. The fourth-order valence-corrected chi connectivity index (χ4v) is 3.26. The highest BCUT2D eigenvalue weighted by atomic mass is 127. The molecule has 1 unspecified atom stereocenters. The van der Waals surface area contributed by atoms with Gasteiger partial charge in [0.2, 0.25) is 11.9 Å². The van der Waals surface area contributed by atoms with Crippen LogP contribution in [0.2, 0.25) is 0 Å². The molecule has 1 amide bonds. The van der Waals surface area contributed by atoms with Crippen LogP contribution in [-0.4, -0.2) is 72.5 Å². The molecule has 0 saturated carbocycles. The van der Waals surface area contributed by atoms with E-state index in [2.05, 4.69) is 44.3 Å². The SMILES string of the molecule is CCCCCC(C)NC(=NC)NCCC(=O)N1CCN(c2ncccn2)CC1.I. The van der Waals surface area contributed by atoms with Crippen LogP contribution in [0.4, 0.5) is 5.95 Å². The third-order valence-electron chi connectivity index (χ3n) is 4.95. The predicted octanol–water partition coefficient (Wildman–Crippen LogP) is 2.27. The molecule has 1 atom stereocenters. The number of halogens is 1. The molecular formula is C20H36IN7O. The molecule has 2 N–H and O–H groups in total. The highest BCUT2D eigenvalue weighted by Crippen LogP contribution is 2.10. The molecular weight excluding hydrogens is 481 g/mol. The third-order valence-corrected chi connectivity index (χ3v) is 4.95. The van der Waals surface area contributed by atoms with Gasteiger partial charge >= 0.3 is 0 Å². The van der Waals surface area contributed by atoms with E-state index >= 15 is 0 Å². The van der Waals surface area contributed by atoms with Gasteiger partial charge in [0.05, 0.1) is 0 Å². The lowest BCUT2D eigenvalue weighted by atomic mass is 10.1. The average Bonchev–Trinajstić information content (AvgIpc) is 2.74. The predicted molar refractivity (Wildman–Crippen MR) is 129 cm³/mol. The quantitative estimate of drug-likeness (QED) is 0.226. The maximum Gasteiger partial charge on any atom is 0.225 e. The Labute approximate surface area is 192 Å². The highest BCUT2D eigenvalue weighted by Gasteiger charge is 2.22. The van der Waals surface area contributed by atoms with Crippen molar-refractivity contribution in [3.63, 3.8) is 0 Å². The number of rotatable bonds is 9. The Morgan fingerprint density at radius 1 is 1.21 bits per heavy atom. The lowest BCUT2D eigenvalue weighted by Gasteiger charge is -2.34. The smallest absolute Gasteiger partial charge is 0.225 e. The van der Waals surface area contributed by atoms with Crippen LogP contribution in [0, 0.1) is 0 Å². The summed E-state index contributed by atoms with van der Waals surface area (Å²) in [6.07, 6.45) is 8.80. The Morgan fingerprint density at radius 2 is 1.90 bits per heavy atom. The van der Waals surface area contributed by atoms with E-state index < -0.39 is 0 Å². The monoisotopic (exact) mass is 517 g/mol. The van der Waals surface area contributed by atoms with Gasteiger partial charge in [-0.3, -0.25) is 9.79 Å². The Kier molecular flexibility index (Phi) is 12.6. The summed E-state index contributed by atoms with van der Waals surface area (Å²) >= 11 is 0. The standard InChI is InChI=1S/C20H35N7O.HI/c1-4-5-6-8-17(2)25-19(21-3)22-12-9-18(28)26-13-15-27(16-14-26)20-23-10-7-11-24-20;/h7,10-11,17H,4-6,8-9,12-16H2,1-3H3,(H2,21,22,25);1H. The van der Waals surface area contributed by atoms with Crippen LogP contribution >= 0.6 is 24.0 Å². The zero-order valence-corrected chi connectivity index (χ0v) is 20.3. The normalized spacial score (nSPS) is 15.5. The van der Waals surface area contributed by atoms with Crippen molar-refractivity contribution in [3.8, 4) is 0 Å². The van der Waals surface area contributed by atoms with Gasteiger partial charge in [-0.05, 0) is 19.4 Å². The molecule has 1 fully saturated rings. The van der Waals surface area contributed by atoms with Crippen molar-refractivity contribution in [2.75, 3.05) is 44.7 Å². The van der Waals surface area contributed by atoms with Gasteiger partial charge in [-0.2, -0.15) is 0 Å². The third kappa shape index (κ3) is 9.14. The summed E-state index contributed by atoms with van der Waals surface area (Å²) in [6, 6.07) is 2.19. The Bertz CT molecular complexity index is 606. The van der Waals surface area contributed by atoms with E-state index in [0.717, 1.165) is 31.4 Å². The number of guanidine groups is 1. The molecule has 0 aromatic carbocycles. The van der Waals surface area contributed by atoms with Gasteiger partial charge < -0.3 is 20.4 Å². The van der Waals surface area contributed by atoms with E-state index in [-0.39, 0.29) is 29.9 Å². The van der Waals surface area contributed by atoms with Gasteiger partial charge in [-0.1, -0.05) is 26.2 Å². The second-order valence-corrected chi connectivity index (χ2v) is 7.21. The van der Waals surface area contributed by atoms with Crippen molar-refractivity contribution in [1.82, 2.24) is 25.5 Å². The Morgan fingerprint density at radius 3 is 2.52 bits per heavy atom.